The van der Waals surface area contributed by atoms with Gasteiger partial charge in [-0.2, -0.15) is 8.42 Å². The fourth-order valence-electron chi connectivity index (χ4n) is 3.53. The molecule has 0 aromatic heterocycles. The Labute approximate surface area is 150 Å². The van der Waals surface area contributed by atoms with Crippen molar-refractivity contribution in [3.63, 3.8) is 0 Å². The maximum absolute atomic E-state index is 13.3. The lowest BCUT2D eigenvalue weighted by molar-refractivity contribution is -0.188. The zero-order chi connectivity index (χ0) is 19.9. The molecule has 0 aromatic rings. The van der Waals surface area contributed by atoms with Gasteiger partial charge < -0.3 is 5.11 Å². The molecule has 3 atom stereocenters. The number of fused-ring (bicyclic) bond motifs is 1. The molecule has 1 N–H and O–H groups in total. The van der Waals surface area contributed by atoms with Gasteiger partial charge in [-0.25, -0.2) is 8.37 Å². The third kappa shape index (κ3) is 2.80. The van der Waals surface area contributed by atoms with E-state index in [0.717, 1.165) is 0 Å². The van der Waals surface area contributed by atoms with Crippen molar-refractivity contribution in [3.8, 4) is 0 Å². The van der Waals surface area contributed by atoms with Crippen LogP contribution < -0.4 is 0 Å². The Kier molecular flexibility index (Phi) is 4.23. The van der Waals surface area contributed by atoms with Crippen molar-refractivity contribution < 1.29 is 26.7 Å². The lowest BCUT2D eigenvalue weighted by atomic mass is 9.54. The van der Waals surface area contributed by atoms with Crippen LogP contribution in [0, 0.1) is 16.2 Å². The fourth-order valence-corrected chi connectivity index (χ4v) is 4.81. The number of carbonyl (C=O) groups excluding carboxylic acids is 1. The van der Waals surface area contributed by atoms with Gasteiger partial charge in [-0.05, 0) is 16.9 Å². The first-order valence-corrected chi connectivity index (χ1v) is 9.77. The summed E-state index contributed by atoms with van der Waals surface area (Å²) in [4.78, 5) is 13.3. The van der Waals surface area contributed by atoms with Crippen molar-refractivity contribution in [1.29, 1.82) is 0 Å². The van der Waals surface area contributed by atoms with Gasteiger partial charge in [-0.1, -0.05) is 62.3 Å². The highest BCUT2D eigenvalue weighted by molar-refractivity contribution is 7.82. The van der Waals surface area contributed by atoms with Crippen molar-refractivity contribution in [2.75, 3.05) is 0 Å². The summed E-state index contributed by atoms with van der Waals surface area (Å²) in [5.41, 5.74) is -5.52. The van der Waals surface area contributed by atoms with Gasteiger partial charge in [0.15, 0.2) is 17.5 Å². The van der Waals surface area contributed by atoms with Crippen molar-refractivity contribution in [3.05, 3.63) is 11.6 Å². The van der Waals surface area contributed by atoms with E-state index in [1.165, 1.54) is 0 Å². The first-order valence-electron chi connectivity index (χ1n) is 8.44. The highest BCUT2D eigenvalue weighted by Gasteiger charge is 2.73. The Morgan fingerprint density at radius 3 is 1.84 bits per heavy atom. The summed E-state index contributed by atoms with van der Waals surface area (Å²) in [6.45, 7) is 16.0. The van der Waals surface area contributed by atoms with E-state index in [-0.39, 0.29) is 0 Å². The number of aliphatic hydroxyl groups is 1. The Hall–Kier alpha value is -0.760. The Morgan fingerprint density at radius 1 is 1.00 bits per heavy atom. The second-order valence-corrected chi connectivity index (χ2v) is 11.3. The maximum atomic E-state index is 13.3. The van der Waals surface area contributed by atoms with E-state index in [1.807, 2.05) is 20.8 Å². The van der Waals surface area contributed by atoms with E-state index in [0.29, 0.717) is 5.57 Å². The van der Waals surface area contributed by atoms with E-state index in [4.69, 9.17) is 8.37 Å². The molecule has 0 amide bonds. The topological polar surface area (TPSA) is 89.9 Å². The summed E-state index contributed by atoms with van der Waals surface area (Å²) in [6.07, 6.45) is 0.202. The van der Waals surface area contributed by atoms with E-state index in [1.54, 1.807) is 47.6 Å². The third-order valence-corrected chi connectivity index (χ3v) is 6.20. The molecule has 1 aliphatic heterocycles. The minimum Gasteiger partial charge on any atom is -0.378 e. The summed E-state index contributed by atoms with van der Waals surface area (Å²) in [7, 11) is -4.35. The molecule has 1 aliphatic carbocycles. The first kappa shape index (κ1) is 20.6. The summed E-state index contributed by atoms with van der Waals surface area (Å²) in [6, 6.07) is 0. The first-order chi connectivity index (χ1) is 10.8. The second kappa shape index (κ2) is 5.15. The van der Waals surface area contributed by atoms with E-state index in [9.17, 15) is 18.3 Å². The highest BCUT2D eigenvalue weighted by atomic mass is 32.3. The van der Waals surface area contributed by atoms with Gasteiger partial charge in [0.2, 0.25) is 0 Å². The van der Waals surface area contributed by atoms with Crippen LogP contribution >= 0.6 is 0 Å². The van der Waals surface area contributed by atoms with Crippen LogP contribution in [0.5, 0.6) is 0 Å². The van der Waals surface area contributed by atoms with Crippen LogP contribution in [0.2, 0.25) is 0 Å². The van der Waals surface area contributed by atoms with Gasteiger partial charge in [0.25, 0.3) is 0 Å². The van der Waals surface area contributed by atoms with Crippen LogP contribution in [0.1, 0.15) is 62.3 Å². The molecule has 1 saturated heterocycles. The SMILES string of the molecule is CC(C)(C)C1=CC2(C(C)(C)C)OS(=O)(=O)OC2C(O)(C(C)(C)C)C1=O. The molecule has 2 aliphatic rings. The molecule has 0 spiro atoms. The largest absolute Gasteiger partial charge is 0.401 e. The minimum absolute atomic E-state index is 0.344. The number of ketones is 1. The quantitative estimate of drug-likeness (QED) is 0.701. The van der Waals surface area contributed by atoms with Crippen LogP contribution in [-0.2, 0) is 23.6 Å². The second-order valence-electron chi connectivity index (χ2n) is 10.2. The molecule has 0 bridgehead atoms. The molecule has 2 rings (SSSR count). The molecular formula is C18H30O6S. The van der Waals surface area contributed by atoms with Gasteiger partial charge in [0.05, 0.1) is 0 Å². The monoisotopic (exact) mass is 374 g/mol. The van der Waals surface area contributed by atoms with Gasteiger partial charge in [-0.3, -0.25) is 4.79 Å². The van der Waals surface area contributed by atoms with Crippen LogP contribution in [0.15, 0.2) is 11.6 Å². The molecular weight excluding hydrogens is 344 g/mol. The molecule has 6 nitrogen and oxygen atoms in total. The average Bonchev–Trinajstić information content (AvgIpc) is 2.63. The number of carbonyl (C=O) groups is 1. The summed E-state index contributed by atoms with van der Waals surface area (Å²) >= 11 is 0. The Bertz CT molecular complexity index is 729. The van der Waals surface area contributed by atoms with Crippen LogP contribution in [0.25, 0.3) is 0 Å². The van der Waals surface area contributed by atoms with Crippen LogP contribution in [0.4, 0.5) is 0 Å². The molecule has 7 heteroatoms. The highest BCUT2D eigenvalue weighted by Crippen LogP contribution is 2.57. The number of Topliss-reactive ketones (excluding diaryl/α,β-unsaturated/α-hetero) is 1. The molecule has 25 heavy (non-hydrogen) atoms. The predicted octanol–water partition coefficient (Wildman–Crippen LogP) is 2.76. The number of hydrogen-bond donors (Lipinski definition) is 1. The molecule has 0 aromatic carbocycles. The molecule has 1 fully saturated rings. The smallest absolute Gasteiger partial charge is 0.378 e. The summed E-state index contributed by atoms with van der Waals surface area (Å²) < 4.78 is 35.1. The zero-order valence-electron chi connectivity index (χ0n) is 16.6. The fraction of sp³-hybridized carbons (Fsp3) is 0.833. The van der Waals surface area contributed by atoms with Crippen molar-refractivity contribution in [1.82, 2.24) is 0 Å². The van der Waals surface area contributed by atoms with E-state index >= 15 is 0 Å². The summed E-state index contributed by atoms with van der Waals surface area (Å²) in [5.74, 6) is -0.516. The third-order valence-electron chi connectivity index (χ3n) is 5.30. The van der Waals surface area contributed by atoms with Crippen molar-refractivity contribution >= 4 is 16.2 Å². The number of rotatable bonds is 0. The standard InChI is InChI=1S/C18H30O6S/c1-14(2,3)11-10-17(15(4,5)6)13(23-25(21,22)24-17)18(20,12(11)19)16(7,8)9/h10,13,20H,1-9H3. The van der Waals surface area contributed by atoms with Gasteiger partial charge >= 0.3 is 10.4 Å². The maximum Gasteiger partial charge on any atom is 0.401 e. The molecule has 1 heterocycles. The average molecular weight is 374 g/mol. The molecule has 3 unspecified atom stereocenters. The van der Waals surface area contributed by atoms with Gasteiger partial charge in [-0.15, -0.1) is 0 Å². The minimum atomic E-state index is -4.35. The summed E-state index contributed by atoms with van der Waals surface area (Å²) in [5, 5.41) is 11.6. The molecule has 144 valence electrons. The van der Waals surface area contributed by atoms with E-state index < -0.39 is 49.7 Å². The van der Waals surface area contributed by atoms with Crippen molar-refractivity contribution in [2.24, 2.45) is 16.2 Å². The molecule has 0 radical (unpaired) electrons. The van der Waals surface area contributed by atoms with Crippen LogP contribution in [0.3, 0.4) is 0 Å². The van der Waals surface area contributed by atoms with Gasteiger partial charge in [0.1, 0.15) is 5.60 Å². The van der Waals surface area contributed by atoms with Crippen LogP contribution in [-0.4, -0.2) is 36.6 Å². The Balaban J connectivity index is 2.95. The van der Waals surface area contributed by atoms with Crippen molar-refractivity contribution in [2.45, 2.75) is 79.6 Å². The normalized spacial score (nSPS) is 36.2. The number of hydrogen-bond acceptors (Lipinski definition) is 6. The predicted molar refractivity (Wildman–Crippen MR) is 94.0 cm³/mol. The van der Waals surface area contributed by atoms with E-state index in [2.05, 4.69) is 0 Å². The lowest BCUT2D eigenvalue weighted by Crippen LogP contribution is -2.70. The lowest BCUT2D eigenvalue weighted by Gasteiger charge is -2.53. The zero-order valence-corrected chi connectivity index (χ0v) is 17.4. The van der Waals surface area contributed by atoms with Gasteiger partial charge in [0, 0.05) is 11.0 Å². The molecule has 0 saturated carbocycles. The Morgan fingerprint density at radius 2 is 1.48 bits per heavy atom.